The third-order valence-corrected chi connectivity index (χ3v) is 4.27. The molecule has 8 heteroatoms. The van der Waals surface area contributed by atoms with E-state index in [0.717, 1.165) is 11.6 Å². The fraction of sp³-hybridized carbons (Fsp3) is 0.0476. The van der Waals surface area contributed by atoms with Gasteiger partial charge >= 0.3 is 0 Å². The molecule has 0 saturated carbocycles. The molecule has 0 amide bonds. The summed E-state index contributed by atoms with van der Waals surface area (Å²) in [6.45, 7) is 0. The Kier molecular flexibility index (Phi) is 4.66. The van der Waals surface area contributed by atoms with Crippen molar-refractivity contribution < 1.29 is 19.2 Å². The summed E-state index contributed by atoms with van der Waals surface area (Å²) in [6, 6.07) is 16.0. The largest absolute Gasteiger partial charge is 0.872 e. The minimum atomic E-state index is -0.554. The molecule has 0 fully saturated rings. The predicted octanol–water partition coefficient (Wildman–Crippen LogP) is 4.24. The summed E-state index contributed by atoms with van der Waals surface area (Å²) in [7, 11) is 1.59. The first kappa shape index (κ1) is 18.2. The number of non-ortho nitro benzene ring substituents is 1. The number of methoxy groups -OCH3 is 1. The molecule has 3 aromatic carbocycles. The molecule has 1 aromatic heterocycles. The maximum Gasteiger partial charge on any atom is 0.270 e. The van der Waals surface area contributed by atoms with Crippen molar-refractivity contribution in [3.05, 3.63) is 76.3 Å². The molecular weight excluding hydrogens is 374 g/mol. The zero-order valence-corrected chi connectivity index (χ0v) is 15.2. The van der Waals surface area contributed by atoms with Gasteiger partial charge in [0, 0.05) is 30.0 Å². The lowest BCUT2D eigenvalue weighted by Crippen LogP contribution is -1.98. The van der Waals surface area contributed by atoms with Crippen LogP contribution in [0.3, 0.4) is 0 Å². The van der Waals surface area contributed by atoms with Gasteiger partial charge in [0.1, 0.15) is 11.3 Å². The Morgan fingerprint density at radius 3 is 2.62 bits per heavy atom. The number of nitro groups is 1. The van der Waals surface area contributed by atoms with Crippen molar-refractivity contribution in [1.29, 1.82) is 0 Å². The lowest BCUT2D eigenvalue weighted by Gasteiger charge is -2.08. The highest BCUT2D eigenvalue weighted by Crippen LogP contribution is 2.28. The number of hydrogen-bond donors (Lipinski definition) is 0. The Labute approximate surface area is 164 Å². The van der Waals surface area contributed by atoms with Gasteiger partial charge in [-0.25, -0.2) is 4.98 Å². The number of oxazole rings is 1. The summed E-state index contributed by atoms with van der Waals surface area (Å²) in [5.74, 6) is 0.822. The van der Waals surface area contributed by atoms with Crippen molar-refractivity contribution in [1.82, 2.24) is 4.98 Å². The van der Waals surface area contributed by atoms with Crippen LogP contribution >= 0.6 is 0 Å². The molecule has 0 unspecified atom stereocenters. The van der Waals surface area contributed by atoms with Gasteiger partial charge in [-0.2, -0.15) is 0 Å². The van der Waals surface area contributed by atoms with Crippen LogP contribution in [0.4, 0.5) is 11.4 Å². The minimum absolute atomic E-state index is 0.149. The molecule has 0 saturated heterocycles. The molecule has 8 nitrogen and oxygen atoms in total. The number of aromatic nitrogens is 1. The Morgan fingerprint density at radius 2 is 1.90 bits per heavy atom. The second-order valence-corrected chi connectivity index (χ2v) is 6.14. The quantitative estimate of drug-likeness (QED) is 0.287. The molecular formula is C21H14N3O5-. The third-order valence-electron chi connectivity index (χ3n) is 4.27. The second-order valence-electron chi connectivity index (χ2n) is 6.14. The molecule has 29 heavy (non-hydrogen) atoms. The second kappa shape index (κ2) is 7.43. The molecule has 144 valence electrons. The zero-order chi connectivity index (χ0) is 20.4. The summed E-state index contributed by atoms with van der Waals surface area (Å²) in [4.78, 5) is 19.0. The highest BCUT2D eigenvalue weighted by atomic mass is 16.6. The topological polar surface area (TPSA) is 114 Å². The van der Waals surface area contributed by atoms with E-state index in [9.17, 15) is 15.2 Å². The highest BCUT2D eigenvalue weighted by molar-refractivity contribution is 5.86. The predicted molar refractivity (Wildman–Crippen MR) is 106 cm³/mol. The first-order valence-electron chi connectivity index (χ1n) is 8.58. The molecule has 0 atom stereocenters. The van der Waals surface area contributed by atoms with Gasteiger partial charge in [0.25, 0.3) is 5.69 Å². The first-order valence-corrected chi connectivity index (χ1v) is 8.58. The summed E-state index contributed by atoms with van der Waals surface area (Å²) >= 11 is 0. The van der Waals surface area contributed by atoms with Gasteiger partial charge in [-0.1, -0.05) is 11.8 Å². The molecule has 0 aliphatic heterocycles. The van der Waals surface area contributed by atoms with E-state index in [0.29, 0.717) is 28.4 Å². The van der Waals surface area contributed by atoms with Crippen LogP contribution in [-0.4, -0.2) is 23.2 Å². The highest BCUT2D eigenvalue weighted by Gasteiger charge is 2.09. The van der Waals surface area contributed by atoms with E-state index in [1.54, 1.807) is 49.6 Å². The Hall–Kier alpha value is -4.20. The molecule has 0 N–H and O–H groups in total. The van der Waals surface area contributed by atoms with E-state index < -0.39 is 4.92 Å². The van der Waals surface area contributed by atoms with E-state index in [-0.39, 0.29) is 17.0 Å². The summed E-state index contributed by atoms with van der Waals surface area (Å²) in [5, 5.41) is 22.7. The first-order chi connectivity index (χ1) is 14.0. The lowest BCUT2D eigenvalue weighted by molar-refractivity contribution is -0.385. The fourth-order valence-corrected chi connectivity index (χ4v) is 2.74. The summed E-state index contributed by atoms with van der Waals surface area (Å²) < 4.78 is 11.0. The molecule has 0 aliphatic carbocycles. The van der Waals surface area contributed by atoms with E-state index in [1.807, 2.05) is 0 Å². The average molecular weight is 388 g/mol. The van der Waals surface area contributed by atoms with E-state index in [4.69, 9.17) is 9.15 Å². The van der Waals surface area contributed by atoms with Gasteiger partial charge in [-0.05, 0) is 42.0 Å². The van der Waals surface area contributed by atoms with Crippen molar-refractivity contribution in [3.8, 4) is 23.0 Å². The van der Waals surface area contributed by atoms with Crippen LogP contribution in [0.5, 0.6) is 11.5 Å². The molecule has 0 radical (unpaired) electrons. The summed E-state index contributed by atoms with van der Waals surface area (Å²) in [5.41, 5.74) is 2.67. The van der Waals surface area contributed by atoms with Crippen molar-refractivity contribution in [2.24, 2.45) is 4.99 Å². The number of nitrogens with zero attached hydrogens (tertiary/aromatic N) is 3. The number of rotatable bonds is 5. The van der Waals surface area contributed by atoms with E-state index in [1.165, 1.54) is 18.3 Å². The number of aliphatic imine (C=N–C) groups is 1. The SMILES string of the molecule is COc1ccc2oc(-c3ccc(N=Cc4cc([N+](=O)[O-])ccc4[O-])cc3)nc2c1. The van der Waals surface area contributed by atoms with Crippen LogP contribution < -0.4 is 9.84 Å². The maximum atomic E-state index is 11.8. The Morgan fingerprint density at radius 1 is 1.10 bits per heavy atom. The third kappa shape index (κ3) is 3.77. The Balaban J connectivity index is 1.57. The molecule has 0 spiro atoms. The normalized spacial score (nSPS) is 11.2. The van der Waals surface area contributed by atoms with Gasteiger partial charge in [0.15, 0.2) is 5.58 Å². The smallest absolute Gasteiger partial charge is 0.270 e. The van der Waals surface area contributed by atoms with Crippen LogP contribution in [-0.2, 0) is 0 Å². The molecule has 1 heterocycles. The van der Waals surface area contributed by atoms with Gasteiger partial charge in [0.2, 0.25) is 5.89 Å². The van der Waals surface area contributed by atoms with E-state index >= 15 is 0 Å². The van der Waals surface area contributed by atoms with Gasteiger partial charge < -0.3 is 14.3 Å². The number of ether oxygens (including phenoxy) is 1. The van der Waals surface area contributed by atoms with Crippen molar-refractivity contribution in [3.63, 3.8) is 0 Å². The van der Waals surface area contributed by atoms with Crippen molar-refractivity contribution in [2.75, 3.05) is 7.11 Å². The van der Waals surface area contributed by atoms with Crippen LogP contribution in [0, 0.1) is 10.1 Å². The number of nitro benzene ring substituents is 1. The number of fused-ring (bicyclic) bond motifs is 1. The van der Waals surface area contributed by atoms with Crippen LogP contribution in [0.25, 0.3) is 22.6 Å². The lowest BCUT2D eigenvalue weighted by atomic mass is 10.2. The van der Waals surface area contributed by atoms with Gasteiger partial charge in [0.05, 0.1) is 17.7 Å². The minimum Gasteiger partial charge on any atom is -0.872 e. The molecule has 0 bridgehead atoms. The zero-order valence-electron chi connectivity index (χ0n) is 15.2. The fourth-order valence-electron chi connectivity index (χ4n) is 2.74. The van der Waals surface area contributed by atoms with Crippen LogP contribution in [0.15, 0.2) is 70.1 Å². The van der Waals surface area contributed by atoms with E-state index in [2.05, 4.69) is 9.98 Å². The molecule has 4 rings (SSSR count). The standard InChI is InChI=1S/C21H15N3O5/c1-28-17-7-9-20-18(11-17)23-21(29-20)13-2-4-15(5-3-13)22-12-14-10-16(24(26)27)6-8-19(14)25/h2-12,25H,1H3/p-1. The van der Waals surface area contributed by atoms with Gasteiger partial charge in [-0.3, -0.25) is 15.1 Å². The maximum absolute atomic E-state index is 11.8. The average Bonchev–Trinajstić information content (AvgIpc) is 3.16. The van der Waals surface area contributed by atoms with Crippen LogP contribution in [0.2, 0.25) is 0 Å². The van der Waals surface area contributed by atoms with Gasteiger partial charge in [-0.15, -0.1) is 0 Å². The Bertz CT molecular complexity index is 1230. The number of hydrogen-bond acceptors (Lipinski definition) is 7. The monoisotopic (exact) mass is 388 g/mol. The molecule has 4 aromatic rings. The van der Waals surface area contributed by atoms with Crippen molar-refractivity contribution >= 4 is 28.7 Å². The van der Waals surface area contributed by atoms with Crippen LogP contribution in [0.1, 0.15) is 5.56 Å². The number of benzene rings is 3. The van der Waals surface area contributed by atoms with Crippen molar-refractivity contribution in [2.45, 2.75) is 0 Å². The molecule has 0 aliphatic rings. The summed E-state index contributed by atoms with van der Waals surface area (Å²) in [6.07, 6.45) is 1.32.